The largest absolute Gasteiger partial charge is 0.363 e. The molecule has 1 amide bonds. The van der Waals surface area contributed by atoms with Crippen LogP contribution in [0.2, 0.25) is 0 Å². The molecule has 0 aliphatic carbocycles. The zero-order chi connectivity index (χ0) is 10.4. The Kier molecular flexibility index (Phi) is 4.12. The lowest BCUT2D eigenvalue weighted by Gasteiger charge is -2.11. The van der Waals surface area contributed by atoms with Gasteiger partial charge in [-0.1, -0.05) is 18.5 Å². The molecule has 0 aliphatic rings. The molecule has 0 radical (unpaired) electrons. The molecular formula is C9H15N3O2. The van der Waals surface area contributed by atoms with Gasteiger partial charge >= 0.3 is 0 Å². The minimum absolute atomic E-state index is 0.0942. The highest BCUT2D eigenvalue weighted by molar-refractivity contribution is 5.91. The third-order valence-corrected chi connectivity index (χ3v) is 1.98. The van der Waals surface area contributed by atoms with Gasteiger partial charge in [0.1, 0.15) is 6.26 Å². The fraction of sp³-hybridized carbons (Fsp3) is 0.556. The van der Waals surface area contributed by atoms with E-state index in [4.69, 9.17) is 5.73 Å². The van der Waals surface area contributed by atoms with Gasteiger partial charge in [-0.25, -0.2) is 0 Å². The molecule has 5 nitrogen and oxygen atoms in total. The van der Waals surface area contributed by atoms with Crippen LogP contribution in [0, 0.1) is 5.92 Å². The van der Waals surface area contributed by atoms with Crippen molar-refractivity contribution in [1.82, 2.24) is 5.16 Å². The van der Waals surface area contributed by atoms with Crippen LogP contribution in [0.25, 0.3) is 0 Å². The van der Waals surface area contributed by atoms with E-state index in [9.17, 15) is 4.79 Å². The van der Waals surface area contributed by atoms with E-state index >= 15 is 0 Å². The van der Waals surface area contributed by atoms with Gasteiger partial charge in [0.15, 0.2) is 5.82 Å². The zero-order valence-corrected chi connectivity index (χ0v) is 8.19. The summed E-state index contributed by atoms with van der Waals surface area (Å²) in [6.45, 7) is 2.38. The number of nitrogens with zero attached hydrogens (tertiary/aromatic N) is 1. The SMILES string of the molecule is CCCC(CN)C(=O)Nc1ccon1. The minimum atomic E-state index is -0.142. The molecule has 3 N–H and O–H groups in total. The number of nitrogens with two attached hydrogens (primary N) is 1. The van der Waals surface area contributed by atoms with Crippen molar-refractivity contribution >= 4 is 11.7 Å². The lowest BCUT2D eigenvalue weighted by atomic mass is 10.0. The fourth-order valence-electron chi connectivity index (χ4n) is 1.21. The molecule has 1 aromatic rings. The first-order chi connectivity index (χ1) is 6.77. The van der Waals surface area contributed by atoms with Crippen molar-refractivity contribution in [3.63, 3.8) is 0 Å². The van der Waals surface area contributed by atoms with Crippen LogP contribution in [-0.4, -0.2) is 17.6 Å². The van der Waals surface area contributed by atoms with Crippen molar-refractivity contribution < 1.29 is 9.32 Å². The molecule has 0 spiro atoms. The van der Waals surface area contributed by atoms with Gasteiger partial charge in [-0.05, 0) is 6.42 Å². The maximum atomic E-state index is 11.6. The van der Waals surface area contributed by atoms with Crippen LogP contribution in [0.15, 0.2) is 16.9 Å². The number of hydrogen-bond donors (Lipinski definition) is 2. The maximum absolute atomic E-state index is 11.6. The normalized spacial score (nSPS) is 12.4. The monoisotopic (exact) mass is 197 g/mol. The summed E-state index contributed by atoms with van der Waals surface area (Å²) in [5.41, 5.74) is 5.48. The molecule has 1 unspecified atom stereocenters. The van der Waals surface area contributed by atoms with Crippen LogP contribution in [0.1, 0.15) is 19.8 Å². The Morgan fingerprint density at radius 2 is 2.57 bits per heavy atom. The Morgan fingerprint density at radius 1 is 1.79 bits per heavy atom. The molecule has 1 atom stereocenters. The third kappa shape index (κ3) is 2.85. The first-order valence-corrected chi connectivity index (χ1v) is 4.69. The zero-order valence-electron chi connectivity index (χ0n) is 8.19. The number of amides is 1. The number of nitrogens with one attached hydrogen (secondary N) is 1. The van der Waals surface area contributed by atoms with Crippen molar-refractivity contribution in [2.75, 3.05) is 11.9 Å². The molecule has 14 heavy (non-hydrogen) atoms. The number of anilines is 1. The number of carbonyl (C=O) groups is 1. The van der Waals surface area contributed by atoms with Gasteiger partial charge in [0, 0.05) is 12.6 Å². The smallest absolute Gasteiger partial charge is 0.230 e. The van der Waals surface area contributed by atoms with Crippen LogP contribution in [-0.2, 0) is 4.79 Å². The Bertz CT molecular complexity index is 272. The van der Waals surface area contributed by atoms with E-state index in [2.05, 4.69) is 15.0 Å². The molecule has 5 heteroatoms. The summed E-state index contributed by atoms with van der Waals surface area (Å²) in [6, 6.07) is 1.59. The van der Waals surface area contributed by atoms with Gasteiger partial charge in [0.2, 0.25) is 5.91 Å². The van der Waals surface area contributed by atoms with Gasteiger partial charge in [-0.2, -0.15) is 0 Å². The van der Waals surface area contributed by atoms with E-state index in [0.29, 0.717) is 12.4 Å². The summed E-state index contributed by atoms with van der Waals surface area (Å²) in [5.74, 6) is 0.199. The summed E-state index contributed by atoms with van der Waals surface area (Å²) in [6.07, 6.45) is 3.14. The standard InChI is InChI=1S/C9H15N3O2/c1-2-3-7(6-10)9(13)11-8-4-5-14-12-8/h4-5,7H,2-3,6,10H2,1H3,(H,11,12,13). The van der Waals surface area contributed by atoms with Crippen LogP contribution < -0.4 is 11.1 Å². The van der Waals surface area contributed by atoms with Crippen molar-refractivity contribution in [2.45, 2.75) is 19.8 Å². The highest BCUT2D eigenvalue weighted by Crippen LogP contribution is 2.09. The predicted octanol–water partition coefficient (Wildman–Crippen LogP) is 0.988. The summed E-state index contributed by atoms with van der Waals surface area (Å²) in [5, 5.41) is 6.22. The van der Waals surface area contributed by atoms with Crippen molar-refractivity contribution in [2.24, 2.45) is 11.7 Å². The summed E-state index contributed by atoms with van der Waals surface area (Å²) >= 11 is 0. The average Bonchev–Trinajstić information content (AvgIpc) is 2.66. The van der Waals surface area contributed by atoms with E-state index in [1.165, 1.54) is 6.26 Å². The second kappa shape index (κ2) is 5.39. The van der Waals surface area contributed by atoms with E-state index in [1.807, 2.05) is 6.92 Å². The molecule has 0 saturated carbocycles. The number of rotatable bonds is 5. The summed E-state index contributed by atoms with van der Waals surface area (Å²) in [7, 11) is 0. The van der Waals surface area contributed by atoms with E-state index in [-0.39, 0.29) is 11.8 Å². The molecule has 0 bridgehead atoms. The number of hydrogen-bond acceptors (Lipinski definition) is 4. The molecule has 0 aromatic carbocycles. The van der Waals surface area contributed by atoms with Crippen molar-refractivity contribution in [3.05, 3.63) is 12.3 Å². The van der Waals surface area contributed by atoms with E-state index in [0.717, 1.165) is 12.8 Å². The molecule has 1 rings (SSSR count). The molecular weight excluding hydrogens is 182 g/mol. The van der Waals surface area contributed by atoms with E-state index < -0.39 is 0 Å². The maximum Gasteiger partial charge on any atom is 0.230 e. The third-order valence-electron chi connectivity index (χ3n) is 1.98. The average molecular weight is 197 g/mol. The van der Waals surface area contributed by atoms with Crippen LogP contribution >= 0.6 is 0 Å². The van der Waals surface area contributed by atoms with Gasteiger partial charge < -0.3 is 15.6 Å². The van der Waals surface area contributed by atoms with Crippen molar-refractivity contribution in [3.8, 4) is 0 Å². The Balaban J connectivity index is 2.47. The molecule has 78 valence electrons. The Labute approximate surface area is 82.6 Å². The van der Waals surface area contributed by atoms with Crippen LogP contribution in [0.3, 0.4) is 0 Å². The minimum Gasteiger partial charge on any atom is -0.363 e. The number of carbonyl (C=O) groups excluding carboxylic acids is 1. The molecule has 1 heterocycles. The fourth-order valence-corrected chi connectivity index (χ4v) is 1.21. The second-order valence-corrected chi connectivity index (χ2v) is 3.10. The van der Waals surface area contributed by atoms with Gasteiger partial charge in [-0.15, -0.1) is 0 Å². The van der Waals surface area contributed by atoms with Crippen LogP contribution in [0.5, 0.6) is 0 Å². The first-order valence-electron chi connectivity index (χ1n) is 4.69. The lowest BCUT2D eigenvalue weighted by Crippen LogP contribution is -2.29. The summed E-state index contributed by atoms with van der Waals surface area (Å²) < 4.78 is 4.59. The van der Waals surface area contributed by atoms with Crippen molar-refractivity contribution in [1.29, 1.82) is 0 Å². The topological polar surface area (TPSA) is 81.2 Å². The lowest BCUT2D eigenvalue weighted by molar-refractivity contribution is -0.119. The van der Waals surface area contributed by atoms with Gasteiger partial charge in [-0.3, -0.25) is 4.79 Å². The number of aromatic nitrogens is 1. The Morgan fingerprint density at radius 3 is 3.07 bits per heavy atom. The quantitative estimate of drug-likeness (QED) is 0.737. The second-order valence-electron chi connectivity index (χ2n) is 3.10. The predicted molar refractivity (Wildman–Crippen MR) is 52.6 cm³/mol. The summed E-state index contributed by atoms with van der Waals surface area (Å²) in [4.78, 5) is 11.6. The highest BCUT2D eigenvalue weighted by Gasteiger charge is 2.16. The van der Waals surface area contributed by atoms with Crippen LogP contribution in [0.4, 0.5) is 5.82 Å². The molecule has 0 fully saturated rings. The Hall–Kier alpha value is -1.36. The molecule has 0 aliphatic heterocycles. The van der Waals surface area contributed by atoms with E-state index in [1.54, 1.807) is 6.07 Å². The van der Waals surface area contributed by atoms with Gasteiger partial charge in [0.25, 0.3) is 0 Å². The van der Waals surface area contributed by atoms with Gasteiger partial charge in [0.05, 0.1) is 5.92 Å². The highest BCUT2D eigenvalue weighted by atomic mass is 16.5. The molecule has 1 aromatic heterocycles. The first kappa shape index (κ1) is 10.7. The molecule has 0 saturated heterocycles.